The van der Waals surface area contributed by atoms with E-state index in [1.54, 1.807) is 0 Å². The zero-order valence-corrected chi connectivity index (χ0v) is 18.0. The summed E-state index contributed by atoms with van der Waals surface area (Å²) in [7, 11) is -3.84. The van der Waals surface area contributed by atoms with Crippen LogP contribution in [0.25, 0.3) is 0 Å². The zero-order chi connectivity index (χ0) is 21.1. The number of carbonyl (C=O) groups is 1. The highest BCUT2D eigenvalue weighted by Gasteiger charge is 2.42. The van der Waals surface area contributed by atoms with E-state index >= 15 is 0 Å². The molecule has 6 nitrogen and oxygen atoms in total. The lowest BCUT2D eigenvalue weighted by molar-refractivity contribution is -0.121. The van der Waals surface area contributed by atoms with Gasteiger partial charge in [0.2, 0.25) is 15.9 Å². The number of halogens is 2. The molecular weight excluding hydrogens is 435 g/mol. The molecule has 9 heteroatoms. The smallest absolute Gasteiger partial charge is 0.243 e. The van der Waals surface area contributed by atoms with Gasteiger partial charge in [-0.3, -0.25) is 4.79 Å². The first-order valence-corrected chi connectivity index (χ1v) is 11.3. The van der Waals surface area contributed by atoms with Crippen LogP contribution in [0, 0.1) is 5.41 Å². The molecule has 2 aromatic carbocycles. The van der Waals surface area contributed by atoms with E-state index in [2.05, 4.69) is 0 Å². The van der Waals surface area contributed by atoms with Crippen LogP contribution in [0.1, 0.15) is 19.3 Å². The Balaban J connectivity index is 1.86. The Labute approximate surface area is 180 Å². The molecule has 0 saturated carbocycles. The van der Waals surface area contributed by atoms with Crippen LogP contribution in [0.4, 0.5) is 0 Å². The Hall–Kier alpha value is -1.80. The van der Waals surface area contributed by atoms with E-state index in [1.807, 2.05) is 30.3 Å². The number of hydrogen-bond donors (Lipinski definition) is 1. The summed E-state index contributed by atoms with van der Waals surface area (Å²) < 4.78 is 33.6. The van der Waals surface area contributed by atoms with Crippen LogP contribution in [0.3, 0.4) is 0 Å². The van der Waals surface area contributed by atoms with Crippen molar-refractivity contribution in [1.29, 1.82) is 0 Å². The fourth-order valence-corrected chi connectivity index (χ4v) is 5.95. The number of rotatable bonds is 7. The first kappa shape index (κ1) is 21.9. The van der Waals surface area contributed by atoms with Gasteiger partial charge in [-0.25, -0.2) is 8.42 Å². The van der Waals surface area contributed by atoms with Gasteiger partial charge >= 0.3 is 0 Å². The van der Waals surface area contributed by atoms with Gasteiger partial charge in [-0.05, 0) is 43.2 Å². The molecule has 29 heavy (non-hydrogen) atoms. The maximum atomic E-state index is 13.2. The van der Waals surface area contributed by atoms with Gasteiger partial charge in [0.25, 0.3) is 0 Å². The molecule has 1 fully saturated rings. The molecule has 0 radical (unpaired) electrons. The van der Waals surface area contributed by atoms with E-state index in [4.69, 9.17) is 33.7 Å². The fraction of sp³-hybridized carbons (Fsp3) is 0.350. The maximum Gasteiger partial charge on any atom is 0.243 e. The molecule has 156 valence electrons. The third kappa shape index (κ3) is 5.42. The summed E-state index contributed by atoms with van der Waals surface area (Å²) in [4.78, 5) is 11.8. The lowest BCUT2D eigenvalue weighted by atomic mass is 9.78. The van der Waals surface area contributed by atoms with Crippen molar-refractivity contribution in [2.45, 2.75) is 24.2 Å². The van der Waals surface area contributed by atoms with Gasteiger partial charge in [0.05, 0.1) is 11.5 Å². The number of sulfonamides is 1. The summed E-state index contributed by atoms with van der Waals surface area (Å²) in [5, 5.41) is 0.479. The minimum atomic E-state index is -3.84. The molecule has 1 aliphatic rings. The van der Waals surface area contributed by atoms with Crippen LogP contribution < -0.4 is 10.5 Å². The maximum absolute atomic E-state index is 13.2. The van der Waals surface area contributed by atoms with E-state index < -0.39 is 21.3 Å². The lowest BCUT2D eigenvalue weighted by Crippen LogP contribution is -2.50. The number of hydrogen-bond acceptors (Lipinski definition) is 4. The second-order valence-electron chi connectivity index (χ2n) is 7.29. The third-order valence-corrected chi connectivity index (χ3v) is 7.20. The predicted octanol–water partition coefficient (Wildman–Crippen LogP) is 3.72. The monoisotopic (exact) mass is 456 g/mol. The predicted molar refractivity (Wildman–Crippen MR) is 113 cm³/mol. The first-order valence-electron chi connectivity index (χ1n) is 9.13. The molecule has 2 aromatic rings. The molecule has 0 spiro atoms. The third-order valence-electron chi connectivity index (χ3n) is 4.94. The molecule has 1 unspecified atom stereocenters. The first-order chi connectivity index (χ1) is 13.7. The second kappa shape index (κ2) is 8.92. The number of nitrogens with zero attached hydrogens (tertiary/aromatic N) is 1. The molecular formula is C20H22Cl2N2O4S. The average Bonchev–Trinajstić information content (AvgIpc) is 2.66. The van der Waals surface area contributed by atoms with Crippen molar-refractivity contribution in [3.63, 3.8) is 0 Å². The van der Waals surface area contributed by atoms with Gasteiger partial charge in [-0.2, -0.15) is 4.31 Å². The van der Waals surface area contributed by atoms with E-state index in [-0.39, 0.29) is 34.5 Å². The molecule has 2 N–H and O–H groups in total. The highest BCUT2D eigenvalue weighted by Crippen LogP contribution is 2.37. The summed E-state index contributed by atoms with van der Waals surface area (Å²) in [6, 6.07) is 13.4. The van der Waals surface area contributed by atoms with Crippen LogP contribution in [0.2, 0.25) is 10.0 Å². The Bertz CT molecular complexity index is 965. The average molecular weight is 457 g/mol. The quantitative estimate of drug-likeness (QED) is 0.687. The van der Waals surface area contributed by atoms with Crippen LogP contribution in [0.15, 0.2) is 53.4 Å². The molecule has 1 atom stereocenters. The van der Waals surface area contributed by atoms with E-state index in [1.165, 1.54) is 22.5 Å². The summed E-state index contributed by atoms with van der Waals surface area (Å²) in [5.41, 5.74) is 4.77. The van der Waals surface area contributed by atoms with Gasteiger partial charge in [0, 0.05) is 35.0 Å². The van der Waals surface area contributed by atoms with Crippen LogP contribution in [0.5, 0.6) is 5.75 Å². The topological polar surface area (TPSA) is 89.7 Å². The van der Waals surface area contributed by atoms with Crippen LogP contribution in [-0.4, -0.2) is 38.3 Å². The molecule has 1 amide bonds. The summed E-state index contributed by atoms with van der Waals surface area (Å²) in [5.74, 6) is 0.157. The van der Waals surface area contributed by atoms with E-state index in [0.717, 1.165) is 0 Å². The van der Waals surface area contributed by atoms with E-state index in [9.17, 15) is 13.2 Å². The molecule has 3 rings (SSSR count). The van der Waals surface area contributed by atoms with Crippen molar-refractivity contribution in [2.24, 2.45) is 11.1 Å². The van der Waals surface area contributed by atoms with Gasteiger partial charge < -0.3 is 10.5 Å². The summed E-state index contributed by atoms with van der Waals surface area (Å²) in [6.45, 7) is 0.635. The fourth-order valence-electron chi connectivity index (χ4n) is 3.63. The Morgan fingerprint density at radius 2 is 1.79 bits per heavy atom. The number of carbonyl (C=O) groups excluding carboxylic acids is 1. The molecule has 0 bridgehead atoms. The minimum absolute atomic E-state index is 0.0221. The number of benzene rings is 2. The van der Waals surface area contributed by atoms with Crippen molar-refractivity contribution in [3.05, 3.63) is 58.6 Å². The Morgan fingerprint density at radius 1 is 1.14 bits per heavy atom. The minimum Gasteiger partial charge on any atom is -0.493 e. The van der Waals surface area contributed by atoms with Crippen molar-refractivity contribution in [1.82, 2.24) is 4.31 Å². The van der Waals surface area contributed by atoms with Gasteiger partial charge in [0.15, 0.2) is 0 Å². The molecule has 1 aliphatic heterocycles. The van der Waals surface area contributed by atoms with Crippen molar-refractivity contribution in [3.8, 4) is 5.75 Å². The summed E-state index contributed by atoms with van der Waals surface area (Å²) >= 11 is 12.0. The number of ether oxygens (including phenoxy) is 1. The second-order valence-corrected chi connectivity index (χ2v) is 10.1. The van der Waals surface area contributed by atoms with Crippen LogP contribution >= 0.6 is 23.2 Å². The van der Waals surface area contributed by atoms with Crippen molar-refractivity contribution in [2.75, 3.05) is 19.7 Å². The molecule has 0 aromatic heterocycles. The molecule has 1 heterocycles. The SMILES string of the molecule is NC(=O)CC1(COc2ccccc2)CCCN(S(=O)(=O)c2cc(Cl)cc(Cl)c2)C1. The highest BCUT2D eigenvalue weighted by molar-refractivity contribution is 7.89. The van der Waals surface area contributed by atoms with Gasteiger partial charge in [-0.15, -0.1) is 0 Å². The van der Waals surface area contributed by atoms with Crippen molar-refractivity contribution >= 4 is 39.1 Å². The largest absolute Gasteiger partial charge is 0.493 e. The number of primary amides is 1. The normalized spacial score (nSPS) is 20.3. The van der Waals surface area contributed by atoms with Crippen LogP contribution in [-0.2, 0) is 14.8 Å². The van der Waals surface area contributed by atoms with Gasteiger partial charge in [0.1, 0.15) is 5.75 Å². The summed E-state index contributed by atoms with van der Waals surface area (Å²) in [6.07, 6.45) is 1.24. The standard InChI is InChI=1S/C20H22Cl2N2O4S/c21-15-9-16(22)11-18(10-15)29(26,27)24-8-4-7-20(13-24,12-19(23)25)14-28-17-5-2-1-3-6-17/h1-3,5-6,9-11H,4,7-8,12-14H2,(H2,23,25). The number of nitrogens with two attached hydrogens (primary N) is 1. The van der Waals surface area contributed by atoms with Gasteiger partial charge in [-0.1, -0.05) is 41.4 Å². The van der Waals surface area contributed by atoms with Crippen molar-refractivity contribution < 1.29 is 17.9 Å². The number of piperidine rings is 1. The Kier molecular flexibility index (Phi) is 6.73. The lowest BCUT2D eigenvalue weighted by Gasteiger charge is -2.41. The molecule has 1 saturated heterocycles. The molecule has 0 aliphatic carbocycles. The zero-order valence-electron chi connectivity index (χ0n) is 15.7. The van der Waals surface area contributed by atoms with E-state index in [0.29, 0.717) is 25.1 Å². The number of amides is 1. The number of para-hydroxylation sites is 1. The Morgan fingerprint density at radius 3 is 2.41 bits per heavy atom. The highest BCUT2D eigenvalue weighted by atomic mass is 35.5.